The molecule has 4 nitrogen and oxygen atoms in total. The van der Waals surface area contributed by atoms with E-state index in [1.165, 1.54) is 11.3 Å². The average molecular weight is 423 g/mol. The summed E-state index contributed by atoms with van der Waals surface area (Å²) in [5, 5.41) is 10.9. The van der Waals surface area contributed by atoms with Gasteiger partial charge in [-0.3, -0.25) is 0 Å². The normalized spacial score (nSPS) is 14.3. The van der Waals surface area contributed by atoms with Gasteiger partial charge in [0.05, 0.1) is 22.9 Å². The molecular weight excluding hydrogens is 404 g/mol. The number of aryl methyl sites for hydroxylation is 1. The van der Waals surface area contributed by atoms with E-state index in [-0.39, 0.29) is 0 Å². The SMILES string of the molecule is COc1ccc(C2=C/C(=C(/C#N)c3nc4ccccc4s3)c3cc(C)ccc3O2)cc1. The van der Waals surface area contributed by atoms with Crippen molar-refractivity contribution >= 4 is 38.5 Å². The Morgan fingerprint density at radius 1 is 1.06 bits per heavy atom. The van der Waals surface area contributed by atoms with Crippen molar-refractivity contribution < 1.29 is 9.47 Å². The van der Waals surface area contributed by atoms with Crippen LogP contribution in [0.1, 0.15) is 21.7 Å². The Morgan fingerprint density at radius 3 is 2.61 bits per heavy atom. The van der Waals surface area contributed by atoms with Gasteiger partial charge in [0.15, 0.2) is 0 Å². The first-order valence-corrected chi connectivity index (χ1v) is 10.6. The van der Waals surface area contributed by atoms with E-state index in [1.54, 1.807) is 7.11 Å². The molecule has 0 saturated heterocycles. The summed E-state index contributed by atoms with van der Waals surface area (Å²) in [4.78, 5) is 4.73. The van der Waals surface area contributed by atoms with E-state index in [1.807, 2.05) is 73.7 Å². The van der Waals surface area contributed by atoms with Crippen LogP contribution in [-0.2, 0) is 0 Å². The molecule has 3 aromatic carbocycles. The van der Waals surface area contributed by atoms with E-state index in [4.69, 9.17) is 14.5 Å². The van der Waals surface area contributed by atoms with E-state index in [0.717, 1.165) is 44.0 Å². The molecular formula is C26H18N2O2S. The highest BCUT2D eigenvalue weighted by atomic mass is 32.1. The van der Waals surface area contributed by atoms with Gasteiger partial charge in [-0.05, 0) is 61.5 Å². The fraction of sp³-hybridized carbons (Fsp3) is 0.0769. The number of rotatable bonds is 3. The van der Waals surface area contributed by atoms with Gasteiger partial charge in [-0.15, -0.1) is 11.3 Å². The van der Waals surface area contributed by atoms with Crippen molar-refractivity contribution in [2.24, 2.45) is 0 Å². The van der Waals surface area contributed by atoms with Crippen LogP contribution in [0.2, 0.25) is 0 Å². The Bertz CT molecular complexity index is 1370. The minimum Gasteiger partial charge on any atom is -0.497 e. The van der Waals surface area contributed by atoms with Crippen molar-refractivity contribution in [2.75, 3.05) is 7.11 Å². The lowest BCUT2D eigenvalue weighted by Crippen LogP contribution is -2.05. The molecule has 1 aliphatic heterocycles. The van der Waals surface area contributed by atoms with Gasteiger partial charge in [-0.2, -0.15) is 5.26 Å². The van der Waals surface area contributed by atoms with Crippen LogP contribution >= 0.6 is 11.3 Å². The molecule has 0 bridgehead atoms. The lowest BCUT2D eigenvalue weighted by atomic mass is 9.94. The molecule has 0 fully saturated rings. The third-order valence-electron chi connectivity index (χ3n) is 5.18. The Morgan fingerprint density at radius 2 is 1.87 bits per heavy atom. The zero-order valence-electron chi connectivity index (χ0n) is 17.0. The van der Waals surface area contributed by atoms with Gasteiger partial charge in [0.2, 0.25) is 0 Å². The predicted molar refractivity (Wildman–Crippen MR) is 125 cm³/mol. The summed E-state index contributed by atoms with van der Waals surface area (Å²) in [5.41, 5.74) is 5.16. The minimum absolute atomic E-state index is 0.544. The largest absolute Gasteiger partial charge is 0.497 e. The molecule has 150 valence electrons. The standard InChI is InChI=1S/C26H18N2O2S/c1-16-7-12-23-20(13-16)19(14-24(30-23)17-8-10-18(29-2)11-9-17)21(15-27)26-28-22-5-3-4-6-25(22)31-26/h3-14H,1-2H3/b21-19+. The number of aromatic nitrogens is 1. The smallest absolute Gasteiger partial charge is 0.135 e. The number of ether oxygens (including phenoxy) is 2. The van der Waals surface area contributed by atoms with Crippen molar-refractivity contribution in [1.82, 2.24) is 4.98 Å². The van der Waals surface area contributed by atoms with Gasteiger partial charge in [-0.1, -0.05) is 23.8 Å². The van der Waals surface area contributed by atoms with Crippen molar-refractivity contribution in [3.8, 4) is 17.6 Å². The highest BCUT2D eigenvalue weighted by Gasteiger charge is 2.23. The van der Waals surface area contributed by atoms with Crippen LogP contribution in [0, 0.1) is 18.3 Å². The molecule has 0 atom stereocenters. The maximum Gasteiger partial charge on any atom is 0.135 e. The monoisotopic (exact) mass is 422 g/mol. The Hall–Kier alpha value is -3.88. The fourth-order valence-corrected chi connectivity index (χ4v) is 4.58. The molecule has 0 radical (unpaired) electrons. The number of nitrogens with zero attached hydrogens (tertiary/aromatic N) is 2. The second-order valence-electron chi connectivity index (χ2n) is 7.23. The second kappa shape index (κ2) is 7.75. The second-order valence-corrected chi connectivity index (χ2v) is 8.26. The quantitative estimate of drug-likeness (QED) is 0.355. The van der Waals surface area contributed by atoms with E-state index < -0.39 is 0 Å². The molecule has 0 aliphatic carbocycles. The molecule has 4 aromatic rings. The minimum atomic E-state index is 0.544. The molecule has 0 amide bonds. The van der Waals surface area contributed by atoms with Gasteiger partial charge in [0, 0.05) is 16.7 Å². The summed E-state index contributed by atoms with van der Waals surface area (Å²) >= 11 is 1.53. The van der Waals surface area contributed by atoms with Gasteiger partial charge in [0.1, 0.15) is 28.3 Å². The molecule has 0 spiro atoms. The third-order valence-corrected chi connectivity index (χ3v) is 6.24. The first-order valence-electron chi connectivity index (χ1n) is 9.81. The van der Waals surface area contributed by atoms with Crippen molar-refractivity contribution in [3.05, 3.63) is 94.5 Å². The van der Waals surface area contributed by atoms with E-state index >= 15 is 0 Å². The topological polar surface area (TPSA) is 55.1 Å². The first kappa shape index (κ1) is 19.1. The molecule has 5 rings (SSSR count). The van der Waals surface area contributed by atoms with Gasteiger partial charge in [-0.25, -0.2) is 4.98 Å². The Balaban J connectivity index is 1.73. The molecule has 0 N–H and O–H groups in total. The van der Waals surface area contributed by atoms with Crippen LogP contribution in [0.3, 0.4) is 0 Å². The number of fused-ring (bicyclic) bond motifs is 2. The number of para-hydroxylation sites is 1. The van der Waals surface area contributed by atoms with Gasteiger partial charge in [0.25, 0.3) is 0 Å². The van der Waals surface area contributed by atoms with Crippen LogP contribution in [-0.4, -0.2) is 12.1 Å². The molecule has 31 heavy (non-hydrogen) atoms. The Labute approximate surface area is 184 Å². The summed E-state index contributed by atoms with van der Waals surface area (Å²) < 4.78 is 12.6. The number of benzene rings is 3. The zero-order chi connectivity index (χ0) is 21.4. The maximum absolute atomic E-state index is 10.1. The van der Waals surface area contributed by atoms with Crippen molar-refractivity contribution in [2.45, 2.75) is 6.92 Å². The summed E-state index contributed by atoms with van der Waals surface area (Å²) in [7, 11) is 1.64. The average Bonchev–Trinajstić information content (AvgIpc) is 3.23. The third kappa shape index (κ3) is 3.48. The summed E-state index contributed by atoms with van der Waals surface area (Å²) in [6.07, 6.45) is 1.94. The number of nitriles is 1. The lowest BCUT2D eigenvalue weighted by Gasteiger charge is -2.22. The molecule has 5 heteroatoms. The van der Waals surface area contributed by atoms with Crippen LogP contribution in [0.5, 0.6) is 11.5 Å². The Kier molecular flexibility index (Phi) is 4.78. The summed E-state index contributed by atoms with van der Waals surface area (Å²) in [6.45, 7) is 2.03. The molecule has 1 aromatic heterocycles. The highest BCUT2D eigenvalue weighted by Crippen LogP contribution is 2.42. The van der Waals surface area contributed by atoms with Crippen molar-refractivity contribution in [1.29, 1.82) is 5.26 Å². The van der Waals surface area contributed by atoms with Crippen LogP contribution in [0.15, 0.2) is 72.8 Å². The van der Waals surface area contributed by atoms with Gasteiger partial charge < -0.3 is 9.47 Å². The number of methoxy groups -OCH3 is 1. The molecule has 2 heterocycles. The zero-order valence-corrected chi connectivity index (χ0v) is 17.9. The lowest BCUT2D eigenvalue weighted by molar-refractivity contribution is 0.414. The maximum atomic E-state index is 10.1. The van der Waals surface area contributed by atoms with Crippen LogP contribution in [0.4, 0.5) is 0 Å². The van der Waals surface area contributed by atoms with E-state index in [2.05, 4.69) is 12.1 Å². The highest BCUT2D eigenvalue weighted by molar-refractivity contribution is 7.19. The van der Waals surface area contributed by atoms with Crippen LogP contribution < -0.4 is 9.47 Å². The van der Waals surface area contributed by atoms with Gasteiger partial charge >= 0.3 is 0 Å². The predicted octanol–water partition coefficient (Wildman–Crippen LogP) is 6.48. The van der Waals surface area contributed by atoms with Crippen LogP contribution in [0.25, 0.3) is 27.1 Å². The first-order chi connectivity index (χ1) is 15.2. The van der Waals surface area contributed by atoms with E-state index in [0.29, 0.717) is 16.3 Å². The number of allylic oxidation sites excluding steroid dienone is 3. The number of hydrogen-bond donors (Lipinski definition) is 0. The molecule has 0 unspecified atom stereocenters. The number of thiazole rings is 1. The van der Waals surface area contributed by atoms with Crippen molar-refractivity contribution in [3.63, 3.8) is 0 Å². The van der Waals surface area contributed by atoms with E-state index in [9.17, 15) is 5.26 Å². The molecule has 1 aliphatic rings. The fourth-order valence-electron chi connectivity index (χ4n) is 3.61. The summed E-state index contributed by atoms with van der Waals surface area (Å²) in [6, 6.07) is 24.0. The number of hydrogen-bond acceptors (Lipinski definition) is 5. The summed E-state index contributed by atoms with van der Waals surface area (Å²) in [5.74, 6) is 2.18. The molecule has 0 saturated carbocycles.